The third-order valence-electron chi connectivity index (χ3n) is 5.14. The van der Waals surface area contributed by atoms with Crippen molar-refractivity contribution in [2.45, 2.75) is 44.9 Å². The molecule has 3 aromatic rings. The molecule has 0 aliphatic heterocycles. The van der Waals surface area contributed by atoms with Gasteiger partial charge in [-0.1, -0.05) is 36.4 Å². The van der Waals surface area contributed by atoms with Gasteiger partial charge in [-0.3, -0.25) is 9.97 Å². The van der Waals surface area contributed by atoms with E-state index >= 15 is 0 Å². The normalized spacial score (nSPS) is 15.5. The first kappa shape index (κ1) is 20.6. The Kier molecular flexibility index (Phi) is 7.71. The lowest BCUT2D eigenvalue weighted by molar-refractivity contribution is 0.454. The molecule has 0 saturated carbocycles. The van der Waals surface area contributed by atoms with Crippen molar-refractivity contribution in [3.05, 3.63) is 95.1 Å². The first-order valence-electron chi connectivity index (χ1n) is 9.74. The smallest absolute Gasteiger partial charge is 0.0541 e. The first-order valence-corrected chi connectivity index (χ1v) is 9.74. The van der Waals surface area contributed by atoms with E-state index in [1.165, 1.54) is 35.2 Å². The Morgan fingerprint density at radius 2 is 1.61 bits per heavy atom. The van der Waals surface area contributed by atoms with Gasteiger partial charge in [0.15, 0.2) is 0 Å². The molecule has 2 aromatic heterocycles. The molecule has 0 bridgehead atoms. The molecule has 1 aliphatic carbocycles. The highest BCUT2D eigenvalue weighted by atomic mass is 79.9. The second-order valence-electron chi connectivity index (χ2n) is 7.11. The van der Waals surface area contributed by atoms with E-state index < -0.39 is 0 Å². The molecule has 0 amide bonds. The number of pyridine rings is 2. The number of hydrogen-bond donors (Lipinski definition) is 2. The summed E-state index contributed by atoms with van der Waals surface area (Å²) in [5.74, 6) is 0. The molecule has 28 heavy (non-hydrogen) atoms. The van der Waals surface area contributed by atoms with Crippen LogP contribution in [0.2, 0.25) is 0 Å². The van der Waals surface area contributed by atoms with Gasteiger partial charge in [-0.05, 0) is 54.2 Å². The molecule has 2 heterocycles. The number of benzene rings is 1. The van der Waals surface area contributed by atoms with Gasteiger partial charge in [0.05, 0.1) is 5.69 Å². The zero-order valence-electron chi connectivity index (χ0n) is 16.0. The lowest BCUT2D eigenvalue weighted by Gasteiger charge is -2.25. The van der Waals surface area contributed by atoms with Crippen molar-refractivity contribution in [3.8, 4) is 0 Å². The zero-order chi connectivity index (χ0) is 18.3. The van der Waals surface area contributed by atoms with Crippen molar-refractivity contribution in [1.29, 1.82) is 0 Å². The Balaban J connectivity index is 0.00000225. The highest BCUT2D eigenvalue weighted by molar-refractivity contribution is 8.93. The second kappa shape index (κ2) is 10.5. The van der Waals surface area contributed by atoms with E-state index in [9.17, 15) is 0 Å². The third kappa shape index (κ3) is 5.47. The lowest BCUT2D eigenvalue weighted by Crippen LogP contribution is -2.25. The molecule has 1 aliphatic rings. The SMILES string of the molecule is Br.c1ccc(CNCc2ccc(CNC3CCCc4ncccc43)cc2)nc1. The van der Waals surface area contributed by atoms with Crippen LogP contribution in [-0.4, -0.2) is 9.97 Å². The van der Waals surface area contributed by atoms with Crippen LogP contribution in [0, 0.1) is 0 Å². The summed E-state index contributed by atoms with van der Waals surface area (Å²) in [5, 5.41) is 7.16. The fraction of sp³-hybridized carbons (Fsp3) is 0.304. The minimum absolute atomic E-state index is 0. The number of aryl methyl sites for hydroxylation is 1. The minimum atomic E-state index is 0. The molecule has 5 heteroatoms. The molecule has 4 nitrogen and oxygen atoms in total. The fourth-order valence-electron chi connectivity index (χ4n) is 3.67. The highest BCUT2D eigenvalue weighted by Gasteiger charge is 2.19. The Bertz CT molecular complexity index is 852. The molecule has 146 valence electrons. The monoisotopic (exact) mass is 438 g/mol. The van der Waals surface area contributed by atoms with Gasteiger partial charge >= 0.3 is 0 Å². The van der Waals surface area contributed by atoms with E-state index in [4.69, 9.17) is 0 Å². The van der Waals surface area contributed by atoms with E-state index in [1.54, 1.807) is 0 Å². The summed E-state index contributed by atoms with van der Waals surface area (Å²) in [4.78, 5) is 8.87. The van der Waals surface area contributed by atoms with Gasteiger partial charge in [0, 0.05) is 43.8 Å². The molecule has 0 saturated heterocycles. The fourth-order valence-corrected chi connectivity index (χ4v) is 3.67. The zero-order valence-corrected chi connectivity index (χ0v) is 17.7. The molecule has 0 fully saturated rings. The van der Waals surface area contributed by atoms with Gasteiger partial charge in [0.2, 0.25) is 0 Å². The van der Waals surface area contributed by atoms with Crippen molar-refractivity contribution < 1.29 is 0 Å². The number of nitrogens with zero attached hydrogens (tertiary/aromatic N) is 2. The summed E-state index contributed by atoms with van der Waals surface area (Å²) < 4.78 is 0. The van der Waals surface area contributed by atoms with Crippen molar-refractivity contribution in [2.24, 2.45) is 0 Å². The van der Waals surface area contributed by atoms with Crippen LogP contribution >= 0.6 is 17.0 Å². The molecule has 0 radical (unpaired) electrons. The topological polar surface area (TPSA) is 49.8 Å². The number of fused-ring (bicyclic) bond motifs is 1. The number of halogens is 1. The molecule has 2 N–H and O–H groups in total. The maximum Gasteiger partial charge on any atom is 0.0541 e. The molecular weight excluding hydrogens is 412 g/mol. The molecule has 1 unspecified atom stereocenters. The van der Waals surface area contributed by atoms with Crippen LogP contribution in [0.15, 0.2) is 67.0 Å². The second-order valence-corrected chi connectivity index (χ2v) is 7.11. The van der Waals surface area contributed by atoms with E-state index in [0.29, 0.717) is 6.04 Å². The van der Waals surface area contributed by atoms with Crippen LogP contribution in [0.3, 0.4) is 0 Å². The first-order chi connectivity index (χ1) is 13.4. The molecule has 1 aromatic carbocycles. The summed E-state index contributed by atoms with van der Waals surface area (Å²) in [7, 11) is 0. The van der Waals surface area contributed by atoms with Crippen molar-refractivity contribution in [3.63, 3.8) is 0 Å². The van der Waals surface area contributed by atoms with Gasteiger partial charge in [-0.2, -0.15) is 0 Å². The Labute approximate surface area is 177 Å². The van der Waals surface area contributed by atoms with Gasteiger partial charge in [-0.15, -0.1) is 17.0 Å². The summed E-state index contributed by atoms with van der Waals surface area (Å²) in [6.07, 6.45) is 7.24. The van der Waals surface area contributed by atoms with Crippen LogP contribution in [0.4, 0.5) is 0 Å². The largest absolute Gasteiger partial charge is 0.307 e. The Morgan fingerprint density at radius 3 is 2.39 bits per heavy atom. The van der Waals surface area contributed by atoms with E-state index in [-0.39, 0.29) is 17.0 Å². The van der Waals surface area contributed by atoms with Crippen LogP contribution in [0.5, 0.6) is 0 Å². The van der Waals surface area contributed by atoms with Gasteiger partial charge in [0.25, 0.3) is 0 Å². The molecule has 0 spiro atoms. The number of hydrogen-bond acceptors (Lipinski definition) is 4. The van der Waals surface area contributed by atoms with Crippen LogP contribution in [-0.2, 0) is 26.1 Å². The Morgan fingerprint density at radius 1 is 0.821 bits per heavy atom. The van der Waals surface area contributed by atoms with Crippen molar-refractivity contribution in [1.82, 2.24) is 20.6 Å². The van der Waals surface area contributed by atoms with Crippen LogP contribution in [0.25, 0.3) is 0 Å². The predicted molar refractivity (Wildman–Crippen MR) is 118 cm³/mol. The molecule has 1 atom stereocenters. The average Bonchev–Trinajstić information content (AvgIpc) is 2.74. The van der Waals surface area contributed by atoms with E-state index in [1.807, 2.05) is 36.7 Å². The molecule has 4 rings (SSSR count). The van der Waals surface area contributed by atoms with Crippen LogP contribution < -0.4 is 10.6 Å². The highest BCUT2D eigenvalue weighted by Crippen LogP contribution is 2.28. The van der Waals surface area contributed by atoms with Gasteiger partial charge in [-0.25, -0.2) is 0 Å². The van der Waals surface area contributed by atoms with E-state index in [2.05, 4.69) is 50.9 Å². The standard InChI is InChI=1S/C23H26N4.BrH/c1-2-13-25-20(5-1)17-24-15-18-9-11-19(12-10-18)16-27-23-8-3-7-22-21(23)6-4-14-26-22;/h1-2,4-6,9-14,23-24,27H,3,7-8,15-17H2;1H. The maximum atomic E-state index is 4.54. The predicted octanol–water partition coefficient (Wildman–Crippen LogP) is 4.51. The summed E-state index contributed by atoms with van der Waals surface area (Å²) in [6, 6.07) is 19.5. The summed E-state index contributed by atoms with van der Waals surface area (Å²) >= 11 is 0. The minimum Gasteiger partial charge on any atom is -0.307 e. The van der Waals surface area contributed by atoms with Crippen molar-refractivity contribution in [2.75, 3.05) is 0 Å². The maximum absolute atomic E-state index is 4.54. The van der Waals surface area contributed by atoms with E-state index in [0.717, 1.165) is 31.7 Å². The number of nitrogens with one attached hydrogen (secondary N) is 2. The summed E-state index contributed by atoms with van der Waals surface area (Å²) in [5.41, 5.74) is 6.32. The number of rotatable bonds is 7. The van der Waals surface area contributed by atoms with Crippen molar-refractivity contribution >= 4 is 17.0 Å². The van der Waals surface area contributed by atoms with Gasteiger partial charge < -0.3 is 10.6 Å². The lowest BCUT2D eigenvalue weighted by atomic mass is 9.91. The number of aromatic nitrogens is 2. The Hall–Kier alpha value is -2.08. The molecular formula is C23H27BrN4. The quantitative estimate of drug-likeness (QED) is 0.569. The van der Waals surface area contributed by atoms with Gasteiger partial charge in [0.1, 0.15) is 0 Å². The van der Waals surface area contributed by atoms with Crippen LogP contribution in [0.1, 0.15) is 47.0 Å². The summed E-state index contributed by atoms with van der Waals surface area (Å²) in [6.45, 7) is 2.53. The average molecular weight is 439 g/mol. The third-order valence-corrected chi connectivity index (χ3v) is 5.14.